The lowest BCUT2D eigenvalue weighted by molar-refractivity contribution is -0.137. The molecule has 4 nitrogen and oxygen atoms in total. The van der Waals surface area contributed by atoms with Gasteiger partial charge in [0, 0.05) is 30.1 Å². The fraction of sp³-hybridized carbons (Fsp3) is 0.412. The van der Waals surface area contributed by atoms with E-state index in [2.05, 4.69) is 10.3 Å². The lowest BCUT2D eigenvalue weighted by atomic mass is 9.96. The SMILES string of the molecule is O=C(NCc1cccs1)C1CCN(c2ncc(C(F)(F)F)cc2Cl)CC1. The molecule has 1 N–H and O–H groups in total. The summed E-state index contributed by atoms with van der Waals surface area (Å²) in [5.74, 6) is 0.223. The van der Waals surface area contributed by atoms with Gasteiger partial charge < -0.3 is 10.2 Å². The van der Waals surface area contributed by atoms with Crippen LogP contribution in [0.5, 0.6) is 0 Å². The van der Waals surface area contributed by atoms with Crippen LogP contribution in [-0.2, 0) is 17.5 Å². The molecule has 2 aromatic rings. The van der Waals surface area contributed by atoms with Crippen LogP contribution >= 0.6 is 22.9 Å². The van der Waals surface area contributed by atoms with Crippen LogP contribution in [-0.4, -0.2) is 24.0 Å². The Morgan fingerprint density at radius 2 is 2.12 bits per heavy atom. The molecule has 0 saturated carbocycles. The Morgan fingerprint density at radius 3 is 2.69 bits per heavy atom. The van der Waals surface area contributed by atoms with E-state index in [1.165, 1.54) is 0 Å². The number of anilines is 1. The zero-order valence-electron chi connectivity index (χ0n) is 13.7. The van der Waals surface area contributed by atoms with Gasteiger partial charge in [0.05, 0.1) is 17.1 Å². The lowest BCUT2D eigenvalue weighted by Crippen LogP contribution is -2.40. The Hall–Kier alpha value is -1.80. The summed E-state index contributed by atoms with van der Waals surface area (Å²) in [6.07, 6.45) is -2.46. The van der Waals surface area contributed by atoms with Gasteiger partial charge in [-0.1, -0.05) is 17.7 Å². The lowest BCUT2D eigenvalue weighted by Gasteiger charge is -2.32. The molecule has 140 valence electrons. The number of nitrogens with one attached hydrogen (secondary N) is 1. The van der Waals surface area contributed by atoms with E-state index in [4.69, 9.17) is 11.6 Å². The molecular weight excluding hydrogens is 387 g/mol. The van der Waals surface area contributed by atoms with Gasteiger partial charge in [-0.3, -0.25) is 4.79 Å². The summed E-state index contributed by atoms with van der Waals surface area (Å²) in [4.78, 5) is 19.1. The van der Waals surface area contributed by atoms with Crippen molar-refractivity contribution in [2.75, 3.05) is 18.0 Å². The summed E-state index contributed by atoms with van der Waals surface area (Å²) in [6.45, 7) is 1.56. The third kappa shape index (κ3) is 4.48. The van der Waals surface area contributed by atoms with Gasteiger partial charge in [-0.05, 0) is 30.4 Å². The molecule has 1 fully saturated rings. The van der Waals surface area contributed by atoms with Gasteiger partial charge in [-0.15, -0.1) is 11.3 Å². The van der Waals surface area contributed by atoms with Crippen LogP contribution in [0.15, 0.2) is 29.8 Å². The molecule has 0 aliphatic carbocycles. The number of thiophene rings is 1. The maximum absolute atomic E-state index is 12.7. The van der Waals surface area contributed by atoms with Crippen LogP contribution in [0.4, 0.5) is 19.0 Å². The molecule has 0 radical (unpaired) electrons. The predicted molar refractivity (Wildman–Crippen MR) is 95.4 cm³/mol. The second-order valence-electron chi connectivity index (χ2n) is 6.09. The first-order valence-corrected chi connectivity index (χ1v) is 9.38. The molecule has 0 spiro atoms. The van der Waals surface area contributed by atoms with E-state index in [0.717, 1.165) is 17.1 Å². The Kier molecular flexibility index (Phi) is 5.72. The molecule has 0 atom stereocenters. The highest BCUT2D eigenvalue weighted by atomic mass is 35.5. The van der Waals surface area contributed by atoms with Gasteiger partial charge in [-0.25, -0.2) is 4.98 Å². The number of halogens is 4. The molecule has 3 rings (SSSR count). The maximum atomic E-state index is 12.7. The molecule has 9 heteroatoms. The smallest absolute Gasteiger partial charge is 0.355 e. The van der Waals surface area contributed by atoms with Crippen LogP contribution in [0, 0.1) is 5.92 Å². The number of carbonyl (C=O) groups excluding carboxylic acids is 1. The van der Waals surface area contributed by atoms with E-state index >= 15 is 0 Å². The van der Waals surface area contributed by atoms with Crippen molar-refractivity contribution in [1.29, 1.82) is 0 Å². The summed E-state index contributed by atoms with van der Waals surface area (Å²) in [5, 5.41) is 4.86. The van der Waals surface area contributed by atoms with Crippen LogP contribution in [0.3, 0.4) is 0 Å². The van der Waals surface area contributed by atoms with Crippen molar-refractivity contribution in [3.63, 3.8) is 0 Å². The average Bonchev–Trinajstić information content (AvgIpc) is 3.12. The predicted octanol–water partition coefficient (Wildman–Crippen LogP) is 4.35. The molecule has 1 amide bonds. The topological polar surface area (TPSA) is 45.2 Å². The van der Waals surface area contributed by atoms with Gasteiger partial charge >= 0.3 is 6.18 Å². The Bertz CT molecular complexity index is 759. The molecule has 2 aromatic heterocycles. The number of rotatable bonds is 4. The minimum atomic E-state index is -4.47. The van der Waals surface area contributed by atoms with Gasteiger partial charge in [0.1, 0.15) is 5.82 Å². The summed E-state index contributed by atoms with van der Waals surface area (Å²) >= 11 is 7.58. The third-order valence-electron chi connectivity index (χ3n) is 4.33. The van der Waals surface area contributed by atoms with Gasteiger partial charge in [0.15, 0.2) is 0 Å². The number of piperidine rings is 1. The maximum Gasteiger partial charge on any atom is 0.417 e. The summed E-state index contributed by atoms with van der Waals surface area (Å²) in [5.41, 5.74) is -0.867. The highest BCUT2D eigenvalue weighted by molar-refractivity contribution is 7.09. The van der Waals surface area contributed by atoms with Crippen molar-refractivity contribution < 1.29 is 18.0 Å². The highest BCUT2D eigenvalue weighted by Crippen LogP contribution is 2.34. The number of amides is 1. The average molecular weight is 404 g/mol. The second kappa shape index (κ2) is 7.84. The standard InChI is InChI=1S/C17H17ClF3N3OS/c18-14-8-12(17(19,20)21)9-22-15(14)24-5-3-11(4-6-24)16(25)23-10-13-2-1-7-26-13/h1-2,7-9,11H,3-6,10H2,(H,23,25). The van der Waals surface area contributed by atoms with Crippen molar-refractivity contribution in [2.45, 2.75) is 25.6 Å². The summed E-state index contributed by atoms with van der Waals surface area (Å²) < 4.78 is 38.1. The number of hydrogen-bond acceptors (Lipinski definition) is 4. The molecule has 0 aromatic carbocycles. The fourth-order valence-corrected chi connectivity index (χ4v) is 3.83. The number of carbonyl (C=O) groups is 1. The van der Waals surface area contributed by atoms with Crippen molar-refractivity contribution >= 4 is 34.7 Å². The molecule has 0 bridgehead atoms. The van der Waals surface area contributed by atoms with E-state index < -0.39 is 11.7 Å². The quantitative estimate of drug-likeness (QED) is 0.825. The van der Waals surface area contributed by atoms with Crippen LogP contribution < -0.4 is 10.2 Å². The number of pyridine rings is 1. The van der Waals surface area contributed by atoms with Crippen LogP contribution in [0.1, 0.15) is 23.3 Å². The zero-order chi connectivity index (χ0) is 18.7. The van der Waals surface area contributed by atoms with Gasteiger partial charge in [0.25, 0.3) is 0 Å². The molecule has 3 heterocycles. The second-order valence-corrected chi connectivity index (χ2v) is 7.53. The number of alkyl halides is 3. The van der Waals surface area contributed by atoms with E-state index in [1.54, 1.807) is 11.3 Å². The van der Waals surface area contributed by atoms with E-state index in [-0.39, 0.29) is 16.8 Å². The monoisotopic (exact) mass is 403 g/mol. The summed E-state index contributed by atoms with van der Waals surface area (Å²) in [7, 11) is 0. The highest BCUT2D eigenvalue weighted by Gasteiger charge is 2.33. The first-order valence-electron chi connectivity index (χ1n) is 8.12. The van der Waals surface area contributed by atoms with Crippen molar-refractivity contribution in [2.24, 2.45) is 5.92 Å². The van der Waals surface area contributed by atoms with Crippen LogP contribution in [0.2, 0.25) is 5.02 Å². The van der Waals surface area contributed by atoms with Crippen molar-refractivity contribution in [1.82, 2.24) is 10.3 Å². The summed E-state index contributed by atoms with van der Waals surface area (Å²) in [6, 6.07) is 4.79. The van der Waals surface area contributed by atoms with E-state index in [9.17, 15) is 18.0 Å². The molecular formula is C17H17ClF3N3OS. The Balaban J connectivity index is 1.55. The van der Waals surface area contributed by atoms with E-state index in [1.807, 2.05) is 22.4 Å². The van der Waals surface area contributed by atoms with Gasteiger partial charge in [0.2, 0.25) is 5.91 Å². The minimum absolute atomic E-state index is 0.00419. The van der Waals surface area contributed by atoms with Crippen molar-refractivity contribution in [3.05, 3.63) is 45.2 Å². The Labute approximate surface area is 158 Å². The largest absolute Gasteiger partial charge is 0.417 e. The first kappa shape index (κ1) is 19.0. The molecule has 0 unspecified atom stereocenters. The number of hydrogen-bond donors (Lipinski definition) is 1. The van der Waals surface area contributed by atoms with Crippen molar-refractivity contribution in [3.8, 4) is 0 Å². The first-order chi connectivity index (χ1) is 12.3. The number of aromatic nitrogens is 1. The molecule has 1 saturated heterocycles. The van der Waals surface area contributed by atoms with Crippen LogP contribution in [0.25, 0.3) is 0 Å². The normalized spacial score (nSPS) is 15.9. The molecule has 1 aliphatic rings. The van der Waals surface area contributed by atoms with Gasteiger partial charge in [-0.2, -0.15) is 13.2 Å². The molecule has 1 aliphatic heterocycles. The van der Waals surface area contributed by atoms with E-state index in [0.29, 0.717) is 38.3 Å². The third-order valence-corrected chi connectivity index (χ3v) is 5.49. The molecule has 26 heavy (non-hydrogen) atoms. The number of nitrogens with zero attached hydrogens (tertiary/aromatic N) is 2. The minimum Gasteiger partial charge on any atom is -0.355 e. The zero-order valence-corrected chi connectivity index (χ0v) is 15.3. The fourth-order valence-electron chi connectivity index (χ4n) is 2.90. The Morgan fingerprint density at radius 1 is 1.38 bits per heavy atom.